The fraction of sp³-hybridized carbons (Fsp3) is 0.615. The summed E-state index contributed by atoms with van der Waals surface area (Å²) in [4.78, 5) is 6.55. The van der Waals surface area contributed by atoms with Gasteiger partial charge in [0.05, 0.1) is 12.2 Å². The van der Waals surface area contributed by atoms with Crippen molar-refractivity contribution in [2.24, 2.45) is 5.92 Å². The van der Waals surface area contributed by atoms with Crippen molar-refractivity contribution < 1.29 is 10.2 Å². The Morgan fingerprint density at radius 1 is 1.47 bits per heavy atom. The van der Waals surface area contributed by atoms with Crippen molar-refractivity contribution in [2.75, 3.05) is 18.0 Å². The lowest BCUT2D eigenvalue weighted by molar-refractivity contribution is 0.0969. The number of aliphatic hydroxyl groups is 2. The second-order valence-electron chi connectivity index (χ2n) is 4.91. The summed E-state index contributed by atoms with van der Waals surface area (Å²) in [7, 11) is 0. The first-order chi connectivity index (χ1) is 8.08. The number of hydrogen-bond acceptors (Lipinski definition) is 4. The maximum Gasteiger partial charge on any atom is 0.128 e. The molecule has 1 aliphatic heterocycles. The number of nitrogens with zero attached hydrogens (tertiary/aromatic N) is 2. The highest BCUT2D eigenvalue weighted by Crippen LogP contribution is 2.22. The van der Waals surface area contributed by atoms with Crippen molar-refractivity contribution in [3.05, 3.63) is 23.9 Å². The number of anilines is 1. The van der Waals surface area contributed by atoms with E-state index in [9.17, 15) is 10.2 Å². The van der Waals surface area contributed by atoms with Gasteiger partial charge in [-0.25, -0.2) is 4.98 Å². The highest BCUT2D eigenvalue weighted by molar-refractivity contribution is 5.40. The molecule has 2 rings (SSSR count). The van der Waals surface area contributed by atoms with Crippen LogP contribution in [0.4, 0.5) is 5.82 Å². The van der Waals surface area contributed by atoms with E-state index in [1.807, 2.05) is 12.1 Å². The average molecular weight is 236 g/mol. The van der Waals surface area contributed by atoms with Crippen LogP contribution in [0.15, 0.2) is 18.3 Å². The molecule has 3 atom stereocenters. The smallest absolute Gasteiger partial charge is 0.128 e. The second-order valence-corrected chi connectivity index (χ2v) is 4.91. The largest absolute Gasteiger partial charge is 0.393 e. The Balaban J connectivity index is 2.07. The average Bonchev–Trinajstić information content (AvgIpc) is 2.33. The first-order valence-electron chi connectivity index (χ1n) is 6.15. The number of piperidine rings is 1. The van der Waals surface area contributed by atoms with Gasteiger partial charge in [0, 0.05) is 19.3 Å². The van der Waals surface area contributed by atoms with Crippen molar-refractivity contribution in [3.63, 3.8) is 0 Å². The molecule has 2 N–H and O–H groups in total. The van der Waals surface area contributed by atoms with E-state index >= 15 is 0 Å². The van der Waals surface area contributed by atoms with Gasteiger partial charge in [0.1, 0.15) is 5.82 Å². The van der Waals surface area contributed by atoms with Crippen molar-refractivity contribution in [2.45, 2.75) is 32.5 Å². The third-order valence-electron chi connectivity index (χ3n) is 3.44. The van der Waals surface area contributed by atoms with Crippen LogP contribution in [-0.4, -0.2) is 34.4 Å². The van der Waals surface area contributed by atoms with E-state index in [-0.39, 0.29) is 12.0 Å². The minimum Gasteiger partial charge on any atom is -0.393 e. The van der Waals surface area contributed by atoms with Crippen LogP contribution in [0.3, 0.4) is 0 Å². The topological polar surface area (TPSA) is 56.6 Å². The van der Waals surface area contributed by atoms with Gasteiger partial charge in [-0.15, -0.1) is 0 Å². The minimum absolute atomic E-state index is 0.192. The molecular weight excluding hydrogens is 216 g/mol. The molecule has 0 bridgehead atoms. The molecule has 1 aromatic heterocycles. The maximum atomic E-state index is 9.68. The fourth-order valence-corrected chi connectivity index (χ4v) is 2.17. The molecule has 17 heavy (non-hydrogen) atoms. The van der Waals surface area contributed by atoms with Gasteiger partial charge in [0.2, 0.25) is 0 Å². The Kier molecular flexibility index (Phi) is 3.64. The summed E-state index contributed by atoms with van der Waals surface area (Å²) in [6, 6.07) is 3.84. The van der Waals surface area contributed by atoms with Gasteiger partial charge in [-0.2, -0.15) is 0 Å². The molecule has 2 unspecified atom stereocenters. The first-order valence-corrected chi connectivity index (χ1v) is 6.15. The molecule has 1 aromatic rings. The van der Waals surface area contributed by atoms with E-state index in [0.29, 0.717) is 0 Å². The summed E-state index contributed by atoms with van der Waals surface area (Å²) in [6.07, 6.45) is 1.85. The van der Waals surface area contributed by atoms with Crippen LogP contribution in [0.1, 0.15) is 31.9 Å². The van der Waals surface area contributed by atoms with E-state index in [2.05, 4.69) is 16.8 Å². The second kappa shape index (κ2) is 5.02. The van der Waals surface area contributed by atoms with E-state index in [0.717, 1.165) is 30.9 Å². The summed E-state index contributed by atoms with van der Waals surface area (Å²) >= 11 is 0. The van der Waals surface area contributed by atoms with Crippen LogP contribution in [0, 0.1) is 5.92 Å². The summed E-state index contributed by atoms with van der Waals surface area (Å²) < 4.78 is 0. The van der Waals surface area contributed by atoms with Gasteiger partial charge in [0.25, 0.3) is 0 Å². The predicted octanol–water partition coefficient (Wildman–Crippen LogP) is 1.34. The molecule has 0 saturated carbocycles. The van der Waals surface area contributed by atoms with Crippen molar-refractivity contribution in [1.29, 1.82) is 0 Å². The summed E-state index contributed by atoms with van der Waals surface area (Å²) in [6.45, 7) is 5.46. The zero-order valence-electron chi connectivity index (χ0n) is 10.4. The van der Waals surface area contributed by atoms with Gasteiger partial charge < -0.3 is 15.1 Å². The molecule has 4 heteroatoms. The van der Waals surface area contributed by atoms with Gasteiger partial charge in [-0.3, -0.25) is 0 Å². The van der Waals surface area contributed by atoms with Gasteiger partial charge >= 0.3 is 0 Å². The molecular formula is C13H20N2O2. The molecule has 1 saturated heterocycles. The number of aromatic nitrogens is 1. The molecule has 0 spiro atoms. The van der Waals surface area contributed by atoms with Crippen LogP contribution in [-0.2, 0) is 0 Å². The van der Waals surface area contributed by atoms with Crippen LogP contribution < -0.4 is 4.90 Å². The van der Waals surface area contributed by atoms with Crippen molar-refractivity contribution >= 4 is 5.82 Å². The summed E-state index contributed by atoms with van der Waals surface area (Å²) in [5, 5.41) is 19.1. The molecule has 1 fully saturated rings. The Hall–Kier alpha value is -1.13. The lowest BCUT2D eigenvalue weighted by atomic mass is 9.97. The molecule has 0 aromatic carbocycles. The van der Waals surface area contributed by atoms with E-state index in [1.165, 1.54) is 0 Å². The van der Waals surface area contributed by atoms with Crippen LogP contribution in [0.25, 0.3) is 0 Å². The molecule has 0 aliphatic carbocycles. The van der Waals surface area contributed by atoms with E-state index < -0.39 is 6.10 Å². The molecule has 1 aliphatic rings. The Morgan fingerprint density at radius 3 is 2.76 bits per heavy atom. The summed E-state index contributed by atoms with van der Waals surface area (Å²) in [5.41, 5.74) is 0.832. The third-order valence-corrected chi connectivity index (χ3v) is 3.44. The Morgan fingerprint density at radius 2 is 2.24 bits per heavy atom. The Bertz CT molecular complexity index is 364. The number of aliphatic hydroxyl groups excluding tert-OH is 2. The standard InChI is InChI=1S/C13H20N2O2/c1-9-8-15(6-5-12(9)17)13-4-3-11(7-14-13)10(2)16/h3-4,7,9-10,12,16-17H,5-6,8H2,1-2H3/t9?,10-,12?/m0/s1. The van der Waals surface area contributed by atoms with Crippen molar-refractivity contribution in [3.8, 4) is 0 Å². The number of rotatable bonds is 2. The van der Waals surface area contributed by atoms with Gasteiger partial charge in [0.15, 0.2) is 0 Å². The highest BCUT2D eigenvalue weighted by atomic mass is 16.3. The van der Waals surface area contributed by atoms with Crippen LogP contribution in [0.5, 0.6) is 0 Å². The van der Waals surface area contributed by atoms with E-state index in [4.69, 9.17) is 0 Å². The van der Waals surface area contributed by atoms with Gasteiger partial charge in [-0.05, 0) is 30.9 Å². The number of hydrogen-bond donors (Lipinski definition) is 2. The fourth-order valence-electron chi connectivity index (χ4n) is 2.17. The minimum atomic E-state index is -0.473. The highest BCUT2D eigenvalue weighted by Gasteiger charge is 2.24. The van der Waals surface area contributed by atoms with Crippen LogP contribution >= 0.6 is 0 Å². The molecule has 0 amide bonds. The predicted molar refractivity (Wildman–Crippen MR) is 66.9 cm³/mol. The molecule has 4 nitrogen and oxygen atoms in total. The monoisotopic (exact) mass is 236 g/mol. The molecule has 2 heterocycles. The third kappa shape index (κ3) is 2.76. The molecule has 94 valence electrons. The zero-order valence-corrected chi connectivity index (χ0v) is 10.4. The van der Waals surface area contributed by atoms with Crippen LogP contribution in [0.2, 0.25) is 0 Å². The van der Waals surface area contributed by atoms with Crippen molar-refractivity contribution in [1.82, 2.24) is 4.98 Å². The number of pyridine rings is 1. The lowest BCUT2D eigenvalue weighted by Gasteiger charge is -2.35. The lowest BCUT2D eigenvalue weighted by Crippen LogP contribution is -2.42. The van der Waals surface area contributed by atoms with E-state index in [1.54, 1.807) is 13.1 Å². The zero-order chi connectivity index (χ0) is 12.4. The summed E-state index contributed by atoms with van der Waals surface area (Å²) in [5.74, 6) is 1.20. The molecule has 0 radical (unpaired) electrons. The SMILES string of the molecule is CC1CN(c2ccc([C@H](C)O)cn2)CCC1O. The normalized spacial score (nSPS) is 26.9. The first kappa shape index (κ1) is 12.3. The Labute approximate surface area is 102 Å². The maximum absolute atomic E-state index is 9.68. The quantitative estimate of drug-likeness (QED) is 0.813. The van der Waals surface area contributed by atoms with Gasteiger partial charge in [-0.1, -0.05) is 13.0 Å².